The fourth-order valence-electron chi connectivity index (χ4n) is 6.57. The molecule has 2 fully saturated rings. The number of nitrogens with two attached hydrogens (primary N) is 2. The molecule has 0 amide bonds. The number of aromatic amines is 2. The predicted octanol–water partition coefficient (Wildman–Crippen LogP) is -4.82. The van der Waals surface area contributed by atoms with Crippen LogP contribution in [0.4, 0.5) is 23.4 Å². The minimum atomic E-state index is -5.41. The second-order valence-electron chi connectivity index (χ2n) is 13.3. The number of aryl methyl sites for hydroxylation is 1. The van der Waals surface area contributed by atoms with E-state index in [1.54, 1.807) is 7.05 Å². The summed E-state index contributed by atoms with van der Waals surface area (Å²) < 4.78 is 80.7. The van der Waals surface area contributed by atoms with E-state index in [0.717, 1.165) is 0 Å². The molecule has 13 N–H and O–H groups in total. The van der Waals surface area contributed by atoms with Crippen molar-refractivity contribution in [3.05, 3.63) is 27.0 Å². The first kappa shape index (κ1) is 45.1. The van der Waals surface area contributed by atoms with Crippen LogP contribution in [0.5, 0.6) is 0 Å². The van der Waals surface area contributed by atoms with Crippen LogP contribution in [0.3, 0.4) is 0 Å². The van der Waals surface area contributed by atoms with Gasteiger partial charge in [-0.25, -0.2) is 18.3 Å². The zero-order valence-electron chi connectivity index (χ0n) is 30.9. The summed E-state index contributed by atoms with van der Waals surface area (Å²) in [7, 11) is -11.5. The first-order chi connectivity index (χ1) is 27.5. The number of nitrogen functional groups attached to an aromatic ring is 2. The molecular weight excluding hydrogens is 865 g/mol. The van der Waals surface area contributed by atoms with Gasteiger partial charge in [-0.2, -0.15) is 4.98 Å². The molecular formula is C26H42N10O20P3+. The van der Waals surface area contributed by atoms with E-state index in [9.17, 15) is 58.2 Å². The Morgan fingerprint density at radius 2 is 1.46 bits per heavy atom. The molecule has 2 saturated heterocycles. The number of rotatable bonds is 17. The molecule has 0 spiro atoms. The highest BCUT2D eigenvalue weighted by Gasteiger charge is 2.51. The van der Waals surface area contributed by atoms with Gasteiger partial charge in [0.25, 0.3) is 17.1 Å². The van der Waals surface area contributed by atoms with Crippen molar-refractivity contribution < 1.29 is 90.0 Å². The number of hydrogen-bond acceptors (Lipinski definition) is 22. The first-order valence-electron chi connectivity index (χ1n) is 17.0. The average Bonchev–Trinajstić information content (AvgIpc) is 3.83. The lowest BCUT2D eigenvalue weighted by atomic mass is 10.1. The van der Waals surface area contributed by atoms with Crippen LogP contribution in [0.25, 0.3) is 11.2 Å². The minimum Gasteiger partial charge on any atom is -0.387 e. The van der Waals surface area contributed by atoms with Gasteiger partial charge in [-0.15, -0.1) is 0 Å². The van der Waals surface area contributed by atoms with E-state index in [4.69, 9.17) is 43.8 Å². The van der Waals surface area contributed by atoms with Gasteiger partial charge < -0.3 is 70.4 Å². The van der Waals surface area contributed by atoms with Crippen LogP contribution in [0.2, 0.25) is 0 Å². The van der Waals surface area contributed by atoms with Gasteiger partial charge in [0.05, 0.1) is 40.1 Å². The number of H-pyrrole nitrogens is 2. The van der Waals surface area contributed by atoms with E-state index in [2.05, 4.69) is 24.5 Å². The van der Waals surface area contributed by atoms with Crippen LogP contribution in [0.15, 0.2) is 15.9 Å². The maximum absolute atomic E-state index is 12.8. The number of phosphoric ester groups is 3. The van der Waals surface area contributed by atoms with Gasteiger partial charge in [-0.1, -0.05) is 4.98 Å². The summed E-state index contributed by atoms with van der Waals surface area (Å²) in [6.45, 7) is -4.17. The molecule has 11 atom stereocenters. The molecule has 3 unspecified atom stereocenters. The number of methoxy groups -OCH3 is 1. The quantitative estimate of drug-likeness (QED) is 0.0447. The number of aromatic nitrogens is 6. The van der Waals surface area contributed by atoms with E-state index in [0.29, 0.717) is 0 Å². The second-order valence-corrected chi connectivity index (χ2v) is 17.4. The van der Waals surface area contributed by atoms with Gasteiger partial charge >= 0.3 is 29.1 Å². The number of fused-ring (bicyclic) bond motifs is 2. The molecule has 0 aromatic carbocycles. The van der Waals surface area contributed by atoms with Gasteiger partial charge in [-0.3, -0.25) is 46.7 Å². The Morgan fingerprint density at radius 1 is 0.881 bits per heavy atom. The Hall–Kier alpha value is -3.48. The standard InChI is InChI=1S/C26H41N10O20P3/c1-33-8-35(19-13(33)21(40)31-25(27)29-19)23-17(39)15(37)11(54-23)6-52-58(45,46)50-4-10(56-57(42,43)44)5-51-59(47,48)53-7-12-16(38)18(49-3)24(55-12)36-9-34(2)14-20(36)30-26(28)32-22(14)41/h9-12,15-18,23-24,37-39H,4-8H2,1-3H3,(H9-,27,28,29,30,31,32,40,41,42,43,44,45,46,47,48)/p+1/t10?,11-,12-,15-,16-,17-,18-,23-,24-/m1/s1. The van der Waals surface area contributed by atoms with Gasteiger partial charge in [0.15, 0.2) is 18.4 Å². The summed E-state index contributed by atoms with van der Waals surface area (Å²) in [6.07, 6.45) is -12.0. The van der Waals surface area contributed by atoms with Gasteiger partial charge in [0, 0.05) is 14.2 Å². The van der Waals surface area contributed by atoms with Crippen molar-refractivity contribution in [2.24, 2.45) is 7.05 Å². The van der Waals surface area contributed by atoms with E-state index < -0.39 is 116 Å². The van der Waals surface area contributed by atoms with Crippen molar-refractivity contribution in [2.75, 3.05) is 68.5 Å². The summed E-state index contributed by atoms with van der Waals surface area (Å²) in [6, 6.07) is 0. The van der Waals surface area contributed by atoms with Gasteiger partial charge in [0.1, 0.15) is 48.4 Å². The molecule has 0 saturated carbocycles. The molecule has 3 aliphatic heterocycles. The lowest BCUT2D eigenvalue weighted by Gasteiger charge is -2.27. The Bertz CT molecular complexity index is 2290. The predicted molar refractivity (Wildman–Crippen MR) is 193 cm³/mol. The topological polar surface area (TPSA) is 425 Å². The average molecular weight is 908 g/mol. The lowest BCUT2D eigenvalue weighted by Crippen LogP contribution is -2.47. The number of aliphatic hydroxyl groups is 3. The SMILES string of the molecule is CO[C@@H]1[C@H](O)[C@@H](COP(=O)(O)OCC(COP(=O)(O)OC[C@H]2O[C@@H](N3CN(C)c4c3nc(N)[nH]c4=O)[C@H](O)[C@@H]2O)OP(=O)(O)O)O[C@H]1[n+]1cn(C)c2c(=O)[nH]c(N)nc21. The summed E-state index contributed by atoms with van der Waals surface area (Å²) in [5.74, 6) is -0.431. The molecule has 59 heavy (non-hydrogen) atoms. The highest BCUT2D eigenvalue weighted by molar-refractivity contribution is 7.47. The van der Waals surface area contributed by atoms with Crippen molar-refractivity contribution >= 4 is 58.0 Å². The van der Waals surface area contributed by atoms with E-state index >= 15 is 0 Å². The van der Waals surface area contributed by atoms with Crippen molar-refractivity contribution in [3.63, 3.8) is 0 Å². The van der Waals surface area contributed by atoms with Crippen LogP contribution < -0.4 is 37.0 Å². The number of phosphoric acid groups is 3. The Kier molecular flexibility index (Phi) is 13.1. The minimum absolute atomic E-state index is 0.0245. The molecule has 0 aliphatic carbocycles. The maximum Gasteiger partial charge on any atom is 0.472 e. The largest absolute Gasteiger partial charge is 0.472 e. The lowest BCUT2D eigenvalue weighted by molar-refractivity contribution is -0.746. The third-order valence-electron chi connectivity index (χ3n) is 9.14. The number of hydrogen-bond donors (Lipinski definition) is 11. The van der Waals surface area contributed by atoms with E-state index in [-0.39, 0.29) is 41.2 Å². The zero-order valence-corrected chi connectivity index (χ0v) is 33.6. The molecule has 3 aliphatic rings. The van der Waals surface area contributed by atoms with E-state index in [1.165, 1.54) is 39.4 Å². The molecule has 330 valence electrons. The Labute approximate surface area is 330 Å². The number of ether oxygens (including phenoxy) is 3. The molecule has 6 heterocycles. The van der Waals surface area contributed by atoms with Crippen molar-refractivity contribution in [1.82, 2.24) is 24.5 Å². The number of nitrogens with zero attached hydrogens (tertiary/aromatic N) is 6. The van der Waals surface area contributed by atoms with Crippen molar-refractivity contribution in [2.45, 2.75) is 55.2 Å². The second kappa shape index (κ2) is 17.1. The molecule has 0 radical (unpaired) electrons. The molecule has 6 rings (SSSR count). The number of anilines is 4. The van der Waals surface area contributed by atoms with Crippen LogP contribution in [0, 0.1) is 0 Å². The monoisotopic (exact) mass is 907 g/mol. The van der Waals surface area contributed by atoms with E-state index in [1.807, 2.05) is 0 Å². The van der Waals surface area contributed by atoms with Crippen LogP contribution in [-0.2, 0) is 57.6 Å². The summed E-state index contributed by atoms with van der Waals surface area (Å²) in [5, 5.41) is 32.3. The summed E-state index contributed by atoms with van der Waals surface area (Å²) in [5.41, 5.74) is 10.4. The fourth-order valence-corrected chi connectivity index (χ4v) is 8.60. The van der Waals surface area contributed by atoms with Crippen LogP contribution in [0.1, 0.15) is 6.23 Å². The molecule has 30 nitrogen and oxygen atoms in total. The summed E-state index contributed by atoms with van der Waals surface area (Å²) >= 11 is 0. The van der Waals surface area contributed by atoms with Crippen LogP contribution >= 0.6 is 23.5 Å². The van der Waals surface area contributed by atoms with Gasteiger partial charge in [0.2, 0.25) is 17.7 Å². The van der Waals surface area contributed by atoms with Crippen molar-refractivity contribution in [1.29, 1.82) is 0 Å². The Morgan fingerprint density at radius 3 is 2.05 bits per heavy atom. The highest BCUT2D eigenvalue weighted by Crippen LogP contribution is 2.48. The molecule has 33 heteroatoms. The Balaban J connectivity index is 1.03. The third kappa shape index (κ3) is 9.86. The van der Waals surface area contributed by atoms with Crippen LogP contribution in [-0.4, -0.2) is 156 Å². The molecule has 3 aromatic heterocycles. The number of nitrogens with one attached hydrogen (secondary N) is 2. The zero-order chi connectivity index (χ0) is 43.4. The normalized spacial score (nSPS) is 28.6. The number of imidazole rings is 1. The molecule has 0 bridgehead atoms. The summed E-state index contributed by atoms with van der Waals surface area (Å²) in [4.78, 5) is 79.9. The maximum atomic E-state index is 12.8. The first-order valence-corrected chi connectivity index (χ1v) is 21.5. The van der Waals surface area contributed by atoms with Gasteiger partial charge in [-0.05, 0) is 0 Å². The number of aliphatic hydroxyl groups excluding tert-OH is 3. The third-order valence-corrected chi connectivity index (χ3v) is 11.6. The molecule has 3 aromatic rings. The highest BCUT2D eigenvalue weighted by atomic mass is 31.2. The van der Waals surface area contributed by atoms with Crippen molar-refractivity contribution in [3.8, 4) is 0 Å². The smallest absolute Gasteiger partial charge is 0.387 e. The fraction of sp³-hybridized carbons (Fsp3) is 0.654.